The van der Waals surface area contributed by atoms with Crippen LogP contribution in [-0.4, -0.2) is 22.4 Å². The number of nitrogens with two attached hydrogens (primary N) is 1. The Bertz CT molecular complexity index is 787. The molecule has 0 saturated heterocycles. The van der Waals surface area contributed by atoms with Gasteiger partial charge in [-0.05, 0) is 35.4 Å². The first kappa shape index (κ1) is 15.0. The minimum absolute atomic E-state index is 0.0516. The molecule has 0 heterocycles. The van der Waals surface area contributed by atoms with Crippen molar-refractivity contribution in [3.8, 4) is 0 Å². The van der Waals surface area contributed by atoms with Gasteiger partial charge in [0, 0.05) is 12.0 Å². The quantitative estimate of drug-likeness (QED) is 0.833. The number of rotatable bonds is 3. The third-order valence-corrected chi connectivity index (χ3v) is 4.42. The second kappa shape index (κ2) is 5.09. The summed E-state index contributed by atoms with van der Waals surface area (Å²) in [6.07, 6.45) is 4.51. The van der Waals surface area contributed by atoms with Gasteiger partial charge in [0.1, 0.15) is 5.60 Å². The van der Waals surface area contributed by atoms with E-state index in [-0.39, 0.29) is 22.0 Å². The van der Waals surface area contributed by atoms with E-state index < -0.39 is 17.3 Å². The average Bonchev–Trinajstić information content (AvgIpc) is 2.41. The van der Waals surface area contributed by atoms with Crippen molar-refractivity contribution in [2.45, 2.75) is 12.0 Å². The van der Waals surface area contributed by atoms with E-state index in [2.05, 4.69) is 0 Å². The van der Waals surface area contributed by atoms with Crippen molar-refractivity contribution in [3.63, 3.8) is 0 Å². The predicted molar refractivity (Wildman–Crippen MR) is 83.8 cm³/mol. The van der Waals surface area contributed by atoms with E-state index in [9.17, 15) is 14.7 Å². The number of amides is 1. The van der Waals surface area contributed by atoms with E-state index in [1.165, 1.54) is 24.3 Å². The van der Waals surface area contributed by atoms with Gasteiger partial charge in [-0.3, -0.25) is 9.59 Å². The molecule has 1 aromatic carbocycles. The van der Waals surface area contributed by atoms with Crippen LogP contribution >= 0.6 is 23.2 Å². The molecule has 3 rings (SSSR count). The largest absolute Gasteiger partial charge is 0.377 e. The van der Waals surface area contributed by atoms with Crippen molar-refractivity contribution in [2.24, 2.45) is 5.73 Å². The molecule has 0 aliphatic heterocycles. The van der Waals surface area contributed by atoms with Crippen LogP contribution in [0.25, 0.3) is 0 Å². The van der Waals surface area contributed by atoms with Gasteiger partial charge in [0.25, 0.3) is 0 Å². The molecular formula is C16H11Cl2NO3. The third kappa shape index (κ3) is 2.20. The van der Waals surface area contributed by atoms with Crippen molar-refractivity contribution < 1.29 is 14.7 Å². The van der Waals surface area contributed by atoms with Gasteiger partial charge in [-0.15, -0.1) is 0 Å². The van der Waals surface area contributed by atoms with E-state index in [0.717, 1.165) is 0 Å². The Morgan fingerprint density at radius 3 is 2.41 bits per heavy atom. The summed E-state index contributed by atoms with van der Waals surface area (Å²) < 4.78 is 0. The Morgan fingerprint density at radius 2 is 1.86 bits per heavy atom. The summed E-state index contributed by atoms with van der Waals surface area (Å²) in [5.74, 6) is -1.11. The van der Waals surface area contributed by atoms with Gasteiger partial charge in [0.2, 0.25) is 11.7 Å². The molecule has 0 spiro atoms. The monoisotopic (exact) mass is 335 g/mol. The molecule has 2 aliphatic carbocycles. The zero-order chi connectivity index (χ0) is 16.1. The fourth-order valence-corrected chi connectivity index (χ4v) is 3.20. The number of halogens is 2. The van der Waals surface area contributed by atoms with E-state index in [4.69, 9.17) is 28.9 Å². The van der Waals surface area contributed by atoms with Gasteiger partial charge in [-0.1, -0.05) is 35.3 Å². The van der Waals surface area contributed by atoms with E-state index in [0.29, 0.717) is 16.7 Å². The Kier molecular flexibility index (Phi) is 3.48. The van der Waals surface area contributed by atoms with Gasteiger partial charge < -0.3 is 10.8 Å². The number of carbonyl (C=O) groups is 2. The number of primary amides is 1. The van der Waals surface area contributed by atoms with Crippen LogP contribution in [-0.2, 0) is 4.79 Å². The molecule has 22 heavy (non-hydrogen) atoms. The molecule has 112 valence electrons. The van der Waals surface area contributed by atoms with Gasteiger partial charge >= 0.3 is 0 Å². The Balaban J connectivity index is 1.92. The molecule has 0 bridgehead atoms. The van der Waals surface area contributed by atoms with E-state index in [1.54, 1.807) is 12.1 Å². The summed E-state index contributed by atoms with van der Waals surface area (Å²) in [5.41, 5.74) is 5.33. The van der Waals surface area contributed by atoms with Crippen molar-refractivity contribution in [1.82, 2.24) is 0 Å². The number of ketones is 1. The summed E-state index contributed by atoms with van der Waals surface area (Å²) >= 11 is 12.0. The molecule has 0 saturated carbocycles. The Labute approximate surface area is 136 Å². The standard InChI is InChI=1S/C16H11Cl2NO3/c17-11-2-1-3-12(18)13(11)14(20)16(22)5-4-9-8(7-16)6-10(9)15(19)21/h1-6,22H,7H2,(H2,19,21). The first-order chi connectivity index (χ1) is 10.3. The maximum absolute atomic E-state index is 12.6. The van der Waals surface area contributed by atoms with Crippen molar-refractivity contribution in [1.29, 1.82) is 0 Å². The fourth-order valence-electron chi connectivity index (χ4n) is 2.63. The molecule has 1 aromatic rings. The number of aliphatic hydroxyl groups is 1. The number of benzene rings is 1. The molecule has 0 aromatic heterocycles. The maximum Gasteiger partial charge on any atom is 0.249 e. The summed E-state index contributed by atoms with van der Waals surface area (Å²) in [6, 6.07) is 4.70. The van der Waals surface area contributed by atoms with Gasteiger partial charge in [0.15, 0.2) is 0 Å². The number of Topliss-reactive ketones (excluding diaryl/α,β-unsaturated/α-hetero) is 1. The van der Waals surface area contributed by atoms with Crippen LogP contribution in [0.1, 0.15) is 16.8 Å². The molecule has 6 heteroatoms. The van der Waals surface area contributed by atoms with Crippen LogP contribution in [0.4, 0.5) is 0 Å². The highest BCUT2D eigenvalue weighted by Crippen LogP contribution is 2.41. The Morgan fingerprint density at radius 1 is 1.23 bits per heavy atom. The number of hydrogen-bond donors (Lipinski definition) is 2. The summed E-state index contributed by atoms with van der Waals surface area (Å²) in [6.45, 7) is 0. The molecular weight excluding hydrogens is 325 g/mol. The fraction of sp³-hybridized carbons (Fsp3) is 0.125. The molecule has 1 unspecified atom stereocenters. The molecule has 2 aliphatic rings. The zero-order valence-corrected chi connectivity index (χ0v) is 12.8. The van der Waals surface area contributed by atoms with Crippen LogP contribution < -0.4 is 5.73 Å². The minimum atomic E-state index is -1.74. The zero-order valence-electron chi connectivity index (χ0n) is 11.3. The summed E-state index contributed by atoms with van der Waals surface area (Å²) in [4.78, 5) is 23.8. The maximum atomic E-state index is 12.6. The molecule has 1 amide bonds. The number of carbonyl (C=O) groups excluding carboxylic acids is 2. The van der Waals surface area contributed by atoms with Crippen molar-refractivity contribution in [2.75, 3.05) is 0 Å². The van der Waals surface area contributed by atoms with Crippen LogP contribution in [0, 0.1) is 0 Å². The minimum Gasteiger partial charge on any atom is -0.377 e. The Hall–Kier alpha value is -1.88. The van der Waals surface area contributed by atoms with Gasteiger partial charge in [0.05, 0.1) is 15.6 Å². The van der Waals surface area contributed by atoms with E-state index in [1.807, 2.05) is 0 Å². The molecule has 1 atom stereocenters. The normalized spacial score (nSPS) is 22.8. The van der Waals surface area contributed by atoms with E-state index >= 15 is 0 Å². The topological polar surface area (TPSA) is 80.4 Å². The second-order valence-corrected chi connectivity index (χ2v) is 6.04. The smallest absolute Gasteiger partial charge is 0.249 e. The summed E-state index contributed by atoms with van der Waals surface area (Å²) in [7, 11) is 0. The lowest BCUT2D eigenvalue weighted by molar-refractivity contribution is -0.114. The van der Waals surface area contributed by atoms with Crippen molar-refractivity contribution >= 4 is 34.9 Å². The highest BCUT2D eigenvalue weighted by atomic mass is 35.5. The van der Waals surface area contributed by atoms with Crippen LogP contribution in [0.5, 0.6) is 0 Å². The van der Waals surface area contributed by atoms with Gasteiger partial charge in [-0.2, -0.15) is 0 Å². The SMILES string of the molecule is NC(=O)C1=CC2=C1C=CC(O)(C(=O)c1c(Cl)cccc1Cl)C2. The molecule has 0 radical (unpaired) electrons. The molecule has 0 fully saturated rings. The third-order valence-electron chi connectivity index (χ3n) is 3.79. The van der Waals surface area contributed by atoms with Crippen LogP contribution in [0.2, 0.25) is 10.0 Å². The molecule has 3 N–H and O–H groups in total. The predicted octanol–water partition coefficient (Wildman–Crippen LogP) is 2.59. The summed E-state index contributed by atoms with van der Waals surface area (Å²) in [5, 5.41) is 11.0. The number of allylic oxidation sites excluding steroid dienone is 2. The first-order valence-electron chi connectivity index (χ1n) is 6.49. The van der Waals surface area contributed by atoms with Crippen LogP contribution in [0.15, 0.2) is 53.1 Å². The van der Waals surface area contributed by atoms with Crippen LogP contribution in [0.3, 0.4) is 0 Å². The van der Waals surface area contributed by atoms with Gasteiger partial charge in [-0.25, -0.2) is 0 Å². The molecule has 4 nitrogen and oxygen atoms in total. The second-order valence-electron chi connectivity index (χ2n) is 5.22. The lowest BCUT2D eigenvalue weighted by Gasteiger charge is -2.33. The average molecular weight is 336 g/mol. The lowest BCUT2D eigenvalue weighted by atomic mass is 9.74. The highest BCUT2D eigenvalue weighted by molar-refractivity contribution is 6.40. The lowest BCUT2D eigenvalue weighted by Crippen LogP contribution is -2.40. The number of hydrogen-bond acceptors (Lipinski definition) is 3. The van der Waals surface area contributed by atoms with Crippen molar-refractivity contribution in [3.05, 3.63) is 68.8 Å². The first-order valence-corrected chi connectivity index (χ1v) is 7.24. The highest BCUT2D eigenvalue weighted by Gasteiger charge is 2.41.